The lowest BCUT2D eigenvalue weighted by molar-refractivity contribution is -0.115. The molecule has 0 atom stereocenters. The number of nitrogens with zero attached hydrogens (tertiary/aromatic N) is 3. The molecule has 0 fully saturated rings. The minimum Gasteiger partial charge on any atom is -0.462 e. The average Bonchev–Trinajstić information content (AvgIpc) is 3.30. The minimum atomic E-state index is -0.0119. The van der Waals surface area contributed by atoms with Crippen LogP contribution in [0.4, 0.5) is 5.69 Å². The van der Waals surface area contributed by atoms with E-state index in [1.807, 2.05) is 48.7 Å². The number of carbonyl (C=O) groups is 1. The summed E-state index contributed by atoms with van der Waals surface area (Å²) >= 11 is 1.60. The number of aromatic nitrogens is 3. The van der Waals surface area contributed by atoms with Gasteiger partial charge in [-0.2, -0.15) is 4.98 Å². The lowest BCUT2D eigenvalue weighted by Gasteiger charge is -2.07. The molecule has 3 rings (SSSR count). The third-order valence-corrected chi connectivity index (χ3v) is 4.46. The van der Waals surface area contributed by atoms with Crippen molar-refractivity contribution in [2.75, 3.05) is 11.9 Å². The molecular formula is C19H22N4O2S. The van der Waals surface area contributed by atoms with Crippen LogP contribution in [0.2, 0.25) is 0 Å². The molecule has 0 saturated carbocycles. The maximum atomic E-state index is 11.5. The summed E-state index contributed by atoms with van der Waals surface area (Å²) in [6, 6.07) is 11.9. The quantitative estimate of drug-likeness (QED) is 0.670. The van der Waals surface area contributed by atoms with Gasteiger partial charge in [-0.3, -0.25) is 4.79 Å². The monoisotopic (exact) mass is 370 g/mol. The Kier molecular flexibility index (Phi) is 5.68. The molecule has 0 aliphatic carbocycles. The fourth-order valence-electron chi connectivity index (χ4n) is 2.28. The molecule has 0 aliphatic heterocycles. The minimum absolute atomic E-state index is 0.0119. The SMILES string of the molecule is CCC(=O)Nc1ccc(-n2nc(OCC(C)C)nc2-c2cccs2)cc1. The zero-order valence-corrected chi connectivity index (χ0v) is 15.9. The van der Waals surface area contributed by atoms with Crippen LogP contribution in [0.3, 0.4) is 0 Å². The maximum absolute atomic E-state index is 11.5. The number of rotatable bonds is 7. The zero-order chi connectivity index (χ0) is 18.5. The highest BCUT2D eigenvalue weighted by Crippen LogP contribution is 2.27. The van der Waals surface area contributed by atoms with Crippen LogP contribution in [0.5, 0.6) is 6.01 Å². The van der Waals surface area contributed by atoms with Crippen LogP contribution in [0.25, 0.3) is 16.4 Å². The molecule has 1 N–H and O–H groups in total. The van der Waals surface area contributed by atoms with Crippen LogP contribution in [0.15, 0.2) is 41.8 Å². The van der Waals surface area contributed by atoms with Crippen molar-refractivity contribution in [2.45, 2.75) is 27.2 Å². The molecule has 2 heterocycles. The third-order valence-electron chi connectivity index (χ3n) is 3.59. The van der Waals surface area contributed by atoms with E-state index in [1.54, 1.807) is 16.0 Å². The molecule has 0 saturated heterocycles. The maximum Gasteiger partial charge on any atom is 0.336 e. The van der Waals surface area contributed by atoms with Crippen LogP contribution in [-0.2, 0) is 4.79 Å². The van der Waals surface area contributed by atoms with E-state index in [4.69, 9.17) is 4.74 Å². The van der Waals surface area contributed by atoms with Gasteiger partial charge in [-0.15, -0.1) is 16.4 Å². The molecule has 3 aromatic rings. The summed E-state index contributed by atoms with van der Waals surface area (Å²) < 4.78 is 7.47. The first-order valence-corrected chi connectivity index (χ1v) is 9.48. The Hall–Kier alpha value is -2.67. The second kappa shape index (κ2) is 8.14. The van der Waals surface area contributed by atoms with Gasteiger partial charge in [0.15, 0.2) is 5.82 Å². The van der Waals surface area contributed by atoms with Gasteiger partial charge in [-0.1, -0.05) is 26.8 Å². The van der Waals surface area contributed by atoms with Crippen LogP contribution >= 0.6 is 11.3 Å². The highest BCUT2D eigenvalue weighted by molar-refractivity contribution is 7.13. The summed E-state index contributed by atoms with van der Waals surface area (Å²) in [7, 11) is 0. The van der Waals surface area contributed by atoms with E-state index >= 15 is 0 Å². The second-order valence-corrected chi connectivity index (χ2v) is 7.21. The molecular weight excluding hydrogens is 348 g/mol. The Morgan fingerprint density at radius 3 is 2.65 bits per heavy atom. The van der Waals surface area contributed by atoms with Gasteiger partial charge >= 0.3 is 6.01 Å². The second-order valence-electron chi connectivity index (χ2n) is 6.26. The van der Waals surface area contributed by atoms with Crippen LogP contribution < -0.4 is 10.1 Å². The van der Waals surface area contributed by atoms with Gasteiger partial charge in [0.1, 0.15) is 0 Å². The van der Waals surface area contributed by atoms with Gasteiger partial charge in [0.2, 0.25) is 5.91 Å². The average molecular weight is 370 g/mol. The molecule has 26 heavy (non-hydrogen) atoms. The van der Waals surface area contributed by atoms with Gasteiger partial charge in [0, 0.05) is 12.1 Å². The van der Waals surface area contributed by atoms with Crippen molar-refractivity contribution < 1.29 is 9.53 Å². The lowest BCUT2D eigenvalue weighted by atomic mass is 10.2. The van der Waals surface area contributed by atoms with Crippen molar-refractivity contribution in [2.24, 2.45) is 5.92 Å². The van der Waals surface area contributed by atoms with E-state index in [-0.39, 0.29) is 5.91 Å². The Balaban J connectivity index is 1.91. The number of hydrogen-bond acceptors (Lipinski definition) is 5. The van der Waals surface area contributed by atoms with Crippen LogP contribution in [0, 0.1) is 5.92 Å². The van der Waals surface area contributed by atoms with E-state index in [0.29, 0.717) is 25.0 Å². The molecule has 0 radical (unpaired) electrons. The number of nitrogens with one attached hydrogen (secondary N) is 1. The van der Waals surface area contributed by atoms with Crippen LogP contribution in [-0.4, -0.2) is 27.3 Å². The summed E-state index contributed by atoms with van der Waals surface area (Å²) in [4.78, 5) is 17.1. The number of ether oxygens (including phenoxy) is 1. The predicted octanol–water partition coefficient (Wildman–Crippen LogP) is 4.38. The highest BCUT2D eigenvalue weighted by atomic mass is 32.1. The molecule has 0 aliphatic rings. The molecule has 1 aromatic carbocycles. The fraction of sp³-hybridized carbons (Fsp3) is 0.316. The van der Waals surface area contributed by atoms with E-state index < -0.39 is 0 Å². The largest absolute Gasteiger partial charge is 0.462 e. The summed E-state index contributed by atoms with van der Waals surface area (Å²) in [5, 5.41) is 9.37. The number of thiophene rings is 1. The van der Waals surface area contributed by atoms with Crippen molar-refractivity contribution in [3.63, 3.8) is 0 Å². The molecule has 0 bridgehead atoms. The Labute approximate surface area is 156 Å². The predicted molar refractivity (Wildman–Crippen MR) is 104 cm³/mol. The Morgan fingerprint density at radius 1 is 1.27 bits per heavy atom. The fourth-order valence-corrected chi connectivity index (χ4v) is 2.97. The molecule has 2 aromatic heterocycles. The summed E-state index contributed by atoms with van der Waals surface area (Å²) in [5.41, 5.74) is 1.62. The summed E-state index contributed by atoms with van der Waals surface area (Å²) in [5.74, 6) is 1.12. The van der Waals surface area contributed by atoms with Gasteiger partial charge in [-0.25, -0.2) is 4.68 Å². The number of hydrogen-bond donors (Lipinski definition) is 1. The summed E-state index contributed by atoms with van der Waals surface area (Å²) in [6.45, 7) is 6.56. The van der Waals surface area contributed by atoms with Gasteiger partial charge in [0.25, 0.3) is 0 Å². The van der Waals surface area contributed by atoms with E-state index in [9.17, 15) is 4.79 Å². The number of benzene rings is 1. The van der Waals surface area contributed by atoms with Gasteiger partial charge < -0.3 is 10.1 Å². The van der Waals surface area contributed by atoms with Crippen molar-refractivity contribution in [1.29, 1.82) is 0 Å². The van der Waals surface area contributed by atoms with Crippen molar-refractivity contribution >= 4 is 22.9 Å². The van der Waals surface area contributed by atoms with Gasteiger partial charge in [-0.05, 0) is 41.6 Å². The first kappa shape index (κ1) is 18.1. The van der Waals surface area contributed by atoms with Crippen molar-refractivity contribution in [3.8, 4) is 22.4 Å². The first-order valence-electron chi connectivity index (χ1n) is 8.61. The number of amides is 1. The molecule has 1 amide bonds. The van der Waals surface area contributed by atoms with E-state index in [0.717, 1.165) is 22.1 Å². The molecule has 136 valence electrons. The van der Waals surface area contributed by atoms with Gasteiger partial charge in [0.05, 0.1) is 17.2 Å². The molecule has 0 unspecified atom stereocenters. The molecule has 0 spiro atoms. The third kappa shape index (κ3) is 4.29. The van der Waals surface area contributed by atoms with E-state index in [1.165, 1.54) is 0 Å². The Bertz CT molecular complexity index is 854. The number of carbonyl (C=O) groups excluding carboxylic acids is 1. The Morgan fingerprint density at radius 2 is 2.04 bits per heavy atom. The smallest absolute Gasteiger partial charge is 0.336 e. The molecule has 7 heteroatoms. The summed E-state index contributed by atoms with van der Waals surface area (Å²) in [6.07, 6.45) is 0.448. The topological polar surface area (TPSA) is 69.0 Å². The lowest BCUT2D eigenvalue weighted by Crippen LogP contribution is -2.09. The first-order chi connectivity index (χ1) is 12.6. The standard InChI is InChI=1S/C19H22N4O2S/c1-4-17(24)20-14-7-9-15(10-8-14)23-18(16-6-5-11-26-16)21-19(22-23)25-12-13(2)3/h5-11,13H,4,12H2,1-3H3,(H,20,24). The van der Waals surface area contributed by atoms with Crippen molar-refractivity contribution in [1.82, 2.24) is 14.8 Å². The van der Waals surface area contributed by atoms with Crippen molar-refractivity contribution in [3.05, 3.63) is 41.8 Å². The number of anilines is 1. The molecule has 6 nitrogen and oxygen atoms in total. The van der Waals surface area contributed by atoms with Crippen LogP contribution in [0.1, 0.15) is 27.2 Å². The van der Waals surface area contributed by atoms with E-state index in [2.05, 4.69) is 29.2 Å². The highest BCUT2D eigenvalue weighted by Gasteiger charge is 2.16. The normalized spacial score (nSPS) is 10.9. The zero-order valence-electron chi connectivity index (χ0n) is 15.1.